The number of aliphatic carboxylic acids is 1. The quantitative estimate of drug-likeness (QED) is 0.395. The van der Waals surface area contributed by atoms with Crippen molar-refractivity contribution in [3.63, 3.8) is 0 Å². The molecule has 8 nitrogen and oxygen atoms in total. The Balaban J connectivity index is 1.99. The van der Waals surface area contributed by atoms with E-state index in [2.05, 4.69) is 34.1 Å². The first-order valence-corrected chi connectivity index (χ1v) is 11.9. The summed E-state index contributed by atoms with van der Waals surface area (Å²) in [5, 5.41) is 17.8. The van der Waals surface area contributed by atoms with Gasteiger partial charge in [-0.2, -0.15) is 18.2 Å². The van der Waals surface area contributed by atoms with Crippen LogP contribution in [0, 0.1) is 5.92 Å². The molecule has 35 heavy (non-hydrogen) atoms. The zero-order valence-corrected chi connectivity index (χ0v) is 20.5. The maximum Gasteiger partial charge on any atom is 0.451 e. The number of ether oxygens (including phenoxy) is 1. The second kappa shape index (κ2) is 11.3. The van der Waals surface area contributed by atoms with Gasteiger partial charge in [0, 0.05) is 19.7 Å². The lowest BCUT2D eigenvalue weighted by molar-refractivity contribution is -0.144. The smallest absolute Gasteiger partial charge is 0.451 e. The van der Waals surface area contributed by atoms with Gasteiger partial charge in [0.1, 0.15) is 0 Å². The van der Waals surface area contributed by atoms with E-state index in [0.29, 0.717) is 11.6 Å². The number of rotatable bonds is 10. The van der Waals surface area contributed by atoms with Crippen LogP contribution < -0.4 is 10.2 Å². The standard InChI is InChI=1S/C24H34F3N5O3/c1-14(2)13-32(17-6-8-18(35-4)9-7-17)20-10-5-16(15(3)11-21(33)34)12-19(20)28-23-29-22(30-31-23)24(25,26)27/h5,10,12,14-15,17-18H,6-9,11,13H2,1-4H3,(H,33,34)(H2,28,29,30,31)/t15-,17?,18?/m1/s1. The number of nitrogens with one attached hydrogen (secondary N) is 2. The SMILES string of the molecule is COC1CCC(N(CC(C)C)c2ccc([C@H](C)CC(=O)O)cc2Nc2n[nH]c(C(F)(F)F)n2)CC1. The van der Waals surface area contributed by atoms with E-state index in [4.69, 9.17) is 4.74 Å². The molecule has 1 heterocycles. The molecule has 1 aromatic heterocycles. The van der Waals surface area contributed by atoms with Crippen LogP contribution >= 0.6 is 0 Å². The molecule has 1 saturated carbocycles. The van der Waals surface area contributed by atoms with E-state index in [0.717, 1.165) is 43.5 Å². The van der Waals surface area contributed by atoms with Crippen molar-refractivity contribution in [1.82, 2.24) is 15.2 Å². The molecule has 2 aromatic rings. The van der Waals surface area contributed by atoms with E-state index >= 15 is 0 Å². The fraction of sp³-hybridized carbons (Fsp3) is 0.625. The minimum atomic E-state index is -4.64. The number of carboxylic acids is 1. The van der Waals surface area contributed by atoms with E-state index in [1.165, 1.54) is 0 Å². The van der Waals surface area contributed by atoms with Crippen LogP contribution in [0.1, 0.15) is 70.2 Å². The topological polar surface area (TPSA) is 103 Å². The molecule has 0 bridgehead atoms. The molecule has 0 spiro atoms. The van der Waals surface area contributed by atoms with Gasteiger partial charge in [-0.3, -0.25) is 9.89 Å². The second-order valence-corrected chi connectivity index (χ2v) is 9.62. The number of nitrogens with zero attached hydrogens (tertiary/aromatic N) is 3. The van der Waals surface area contributed by atoms with Gasteiger partial charge in [0.05, 0.1) is 23.9 Å². The van der Waals surface area contributed by atoms with Gasteiger partial charge in [0.25, 0.3) is 0 Å². The minimum absolute atomic E-state index is 0.0611. The fourth-order valence-electron chi connectivity index (χ4n) is 4.59. The summed E-state index contributed by atoms with van der Waals surface area (Å²) in [5.74, 6) is -2.25. The third kappa shape index (κ3) is 7.09. The Bertz CT molecular complexity index is 987. The minimum Gasteiger partial charge on any atom is -0.481 e. The van der Waals surface area contributed by atoms with Crippen LogP contribution in [0.5, 0.6) is 0 Å². The number of aromatic amines is 1. The third-order valence-electron chi connectivity index (χ3n) is 6.36. The van der Waals surface area contributed by atoms with Crippen LogP contribution in [0.4, 0.5) is 30.5 Å². The summed E-state index contributed by atoms with van der Waals surface area (Å²) in [6.07, 6.45) is -0.741. The highest BCUT2D eigenvalue weighted by Gasteiger charge is 2.35. The molecule has 0 amide bonds. The Hall–Kier alpha value is -2.82. The van der Waals surface area contributed by atoms with Gasteiger partial charge in [-0.15, -0.1) is 5.10 Å². The Labute approximate surface area is 203 Å². The Morgan fingerprint density at radius 1 is 1.26 bits per heavy atom. The summed E-state index contributed by atoms with van der Waals surface area (Å²) in [4.78, 5) is 17.1. The number of carbonyl (C=O) groups is 1. The van der Waals surface area contributed by atoms with Crippen LogP contribution in [-0.4, -0.2) is 52.1 Å². The Kier molecular flexibility index (Phi) is 8.63. The fourth-order valence-corrected chi connectivity index (χ4v) is 4.59. The van der Waals surface area contributed by atoms with E-state index in [-0.39, 0.29) is 30.4 Å². The summed E-state index contributed by atoms with van der Waals surface area (Å²) in [6, 6.07) is 5.84. The summed E-state index contributed by atoms with van der Waals surface area (Å²) in [7, 11) is 1.72. The van der Waals surface area contributed by atoms with Gasteiger partial charge >= 0.3 is 12.1 Å². The second-order valence-electron chi connectivity index (χ2n) is 9.62. The number of H-pyrrole nitrogens is 1. The molecule has 0 unspecified atom stereocenters. The molecule has 194 valence electrons. The van der Waals surface area contributed by atoms with Gasteiger partial charge in [-0.1, -0.05) is 26.8 Å². The summed E-state index contributed by atoms with van der Waals surface area (Å²) in [6.45, 7) is 6.80. The number of hydrogen-bond acceptors (Lipinski definition) is 6. The average Bonchev–Trinajstić information content (AvgIpc) is 3.26. The lowest BCUT2D eigenvalue weighted by atomic mass is 9.90. The number of anilines is 3. The molecule has 1 aliphatic rings. The van der Waals surface area contributed by atoms with E-state index in [1.807, 2.05) is 17.2 Å². The number of alkyl halides is 3. The zero-order chi connectivity index (χ0) is 25.8. The lowest BCUT2D eigenvalue weighted by Gasteiger charge is -2.40. The summed E-state index contributed by atoms with van der Waals surface area (Å²) >= 11 is 0. The van der Waals surface area contributed by atoms with Crippen LogP contribution in [-0.2, 0) is 15.7 Å². The highest BCUT2D eigenvalue weighted by molar-refractivity contribution is 5.75. The first kappa shape index (κ1) is 26.8. The molecule has 0 aliphatic heterocycles. The maximum absolute atomic E-state index is 13.1. The van der Waals surface area contributed by atoms with Crippen molar-refractivity contribution < 1.29 is 27.8 Å². The van der Waals surface area contributed by atoms with Crippen molar-refractivity contribution in [2.45, 2.75) is 77.1 Å². The van der Waals surface area contributed by atoms with Gasteiger partial charge in [-0.25, -0.2) is 0 Å². The molecule has 3 N–H and O–H groups in total. The molecule has 1 aliphatic carbocycles. The van der Waals surface area contributed by atoms with Crippen LogP contribution in [0.3, 0.4) is 0 Å². The highest BCUT2D eigenvalue weighted by Crippen LogP contribution is 2.37. The van der Waals surface area contributed by atoms with E-state index in [1.54, 1.807) is 20.1 Å². The van der Waals surface area contributed by atoms with Gasteiger partial charge in [0.15, 0.2) is 0 Å². The summed E-state index contributed by atoms with van der Waals surface area (Å²) < 4.78 is 44.7. The molecule has 0 saturated heterocycles. The van der Waals surface area contributed by atoms with Crippen molar-refractivity contribution in [2.24, 2.45) is 5.92 Å². The molecular weight excluding hydrogens is 463 g/mol. The molecule has 1 aromatic carbocycles. The summed E-state index contributed by atoms with van der Waals surface area (Å²) in [5.41, 5.74) is 2.13. The van der Waals surface area contributed by atoms with Crippen molar-refractivity contribution in [3.8, 4) is 0 Å². The first-order chi connectivity index (χ1) is 16.5. The van der Waals surface area contributed by atoms with Crippen LogP contribution in [0.2, 0.25) is 0 Å². The monoisotopic (exact) mass is 497 g/mol. The lowest BCUT2D eigenvalue weighted by Crippen LogP contribution is -2.41. The van der Waals surface area contributed by atoms with Crippen LogP contribution in [0.25, 0.3) is 0 Å². The van der Waals surface area contributed by atoms with Gasteiger partial charge < -0.3 is 20.1 Å². The average molecular weight is 498 g/mol. The molecular formula is C24H34F3N5O3. The van der Waals surface area contributed by atoms with Gasteiger partial charge in [0.2, 0.25) is 11.8 Å². The van der Waals surface area contributed by atoms with Gasteiger partial charge in [-0.05, 0) is 55.2 Å². The molecule has 0 radical (unpaired) electrons. The van der Waals surface area contributed by atoms with Crippen molar-refractivity contribution in [3.05, 3.63) is 29.6 Å². The first-order valence-electron chi connectivity index (χ1n) is 11.9. The van der Waals surface area contributed by atoms with Crippen molar-refractivity contribution in [1.29, 1.82) is 0 Å². The maximum atomic E-state index is 13.1. The van der Waals surface area contributed by atoms with E-state index < -0.39 is 18.0 Å². The molecule has 3 rings (SSSR count). The van der Waals surface area contributed by atoms with E-state index in [9.17, 15) is 23.1 Å². The molecule has 1 atom stereocenters. The van der Waals surface area contributed by atoms with Crippen molar-refractivity contribution in [2.75, 3.05) is 23.9 Å². The zero-order valence-electron chi connectivity index (χ0n) is 20.5. The Morgan fingerprint density at radius 3 is 2.49 bits per heavy atom. The Morgan fingerprint density at radius 2 is 1.94 bits per heavy atom. The predicted octanol–water partition coefficient (Wildman–Crippen LogP) is 5.57. The number of carboxylic acid groups (broad SMARTS) is 1. The number of methoxy groups -OCH3 is 1. The largest absolute Gasteiger partial charge is 0.481 e. The third-order valence-corrected chi connectivity index (χ3v) is 6.36. The number of aromatic nitrogens is 3. The van der Waals surface area contributed by atoms with Crippen LogP contribution in [0.15, 0.2) is 18.2 Å². The number of benzene rings is 1. The molecule has 1 fully saturated rings. The number of hydrogen-bond donors (Lipinski definition) is 3. The highest BCUT2D eigenvalue weighted by atomic mass is 19.4. The normalized spacial score (nSPS) is 19.5. The predicted molar refractivity (Wildman–Crippen MR) is 127 cm³/mol. The molecule has 11 heteroatoms. The van der Waals surface area contributed by atoms with Crippen molar-refractivity contribution >= 4 is 23.3 Å². The number of halogens is 3.